The van der Waals surface area contributed by atoms with E-state index in [0.29, 0.717) is 4.88 Å². The van der Waals surface area contributed by atoms with Gasteiger partial charge >= 0.3 is 0 Å². The van der Waals surface area contributed by atoms with Crippen LogP contribution >= 0.6 is 50.5 Å². The predicted octanol–water partition coefficient (Wildman–Crippen LogP) is 3.40. The zero-order valence-corrected chi connectivity index (χ0v) is 16.6. The number of amides is 3. The van der Waals surface area contributed by atoms with Crippen LogP contribution in [0, 0.1) is 0 Å². The molecule has 6 nitrogen and oxygen atoms in total. The van der Waals surface area contributed by atoms with Gasteiger partial charge in [-0.3, -0.25) is 25.2 Å². The van der Waals surface area contributed by atoms with E-state index in [1.807, 2.05) is 0 Å². The smallest absolute Gasteiger partial charge is 0.279 e. The Morgan fingerprint density at radius 1 is 1.08 bits per heavy atom. The molecule has 1 aromatic carbocycles. The summed E-state index contributed by atoms with van der Waals surface area (Å²) in [6, 6.07) is 7.05. The zero-order valence-electron chi connectivity index (χ0n) is 12.7. The normalized spacial score (nSPS) is 11.5. The van der Waals surface area contributed by atoms with Gasteiger partial charge in [-0.15, -0.1) is 11.3 Å². The average Bonchev–Trinajstić information content (AvgIpc) is 3.01. The Morgan fingerprint density at radius 3 is 2.44 bits per heavy atom. The molecular formula is C15H12BrCl2N3O3S. The fourth-order valence-corrected chi connectivity index (χ4v) is 3.41. The van der Waals surface area contributed by atoms with Crippen molar-refractivity contribution in [3.8, 4) is 0 Å². The fraction of sp³-hybridized carbons (Fsp3) is 0.133. The van der Waals surface area contributed by atoms with Gasteiger partial charge in [0.15, 0.2) is 0 Å². The van der Waals surface area contributed by atoms with Crippen molar-refractivity contribution in [1.29, 1.82) is 0 Å². The monoisotopic (exact) mass is 463 g/mol. The third kappa shape index (κ3) is 5.18. The maximum Gasteiger partial charge on any atom is 0.279 e. The van der Waals surface area contributed by atoms with Crippen molar-refractivity contribution in [2.24, 2.45) is 0 Å². The summed E-state index contributed by atoms with van der Waals surface area (Å²) in [5.74, 6) is -1.60. The molecule has 3 amide bonds. The molecule has 0 saturated carbocycles. The minimum Gasteiger partial charge on any atom is -0.340 e. The minimum absolute atomic E-state index is 0.103. The lowest BCUT2D eigenvalue weighted by atomic mass is 10.2. The summed E-state index contributed by atoms with van der Waals surface area (Å²) in [5, 5.41) is 2.82. The number of carbonyl (C=O) groups excluding carboxylic acids is 3. The van der Waals surface area contributed by atoms with E-state index in [0.717, 1.165) is 3.79 Å². The largest absolute Gasteiger partial charge is 0.340 e. The molecule has 2 rings (SSSR count). The van der Waals surface area contributed by atoms with Crippen molar-refractivity contribution in [3.63, 3.8) is 0 Å². The molecule has 0 aliphatic heterocycles. The number of carbonyl (C=O) groups is 3. The number of nitrogens with one attached hydrogen (secondary N) is 3. The molecule has 0 aliphatic carbocycles. The third-order valence-corrected chi connectivity index (χ3v) is 5.47. The standard InChI is InChI=1S/C15H12BrCl2N3O3S/c1-7(19-14(23)8-3-2-4-9(17)12(8)18)13(22)20-21-15(24)10-5-6-11(16)25-10/h2-7H,1H3,(H,19,23)(H,20,22)(H,21,24). The highest BCUT2D eigenvalue weighted by molar-refractivity contribution is 9.11. The second kappa shape index (κ2) is 8.66. The number of benzene rings is 1. The molecule has 1 atom stereocenters. The summed E-state index contributed by atoms with van der Waals surface area (Å²) >= 11 is 16.3. The molecule has 0 radical (unpaired) electrons. The van der Waals surface area contributed by atoms with Gasteiger partial charge in [-0.1, -0.05) is 29.3 Å². The van der Waals surface area contributed by atoms with Crippen LogP contribution in [-0.4, -0.2) is 23.8 Å². The molecule has 2 aromatic rings. The third-order valence-electron chi connectivity index (χ3n) is 3.03. The highest BCUT2D eigenvalue weighted by Gasteiger charge is 2.20. The molecule has 132 valence electrons. The molecule has 10 heteroatoms. The lowest BCUT2D eigenvalue weighted by Gasteiger charge is -2.15. The summed E-state index contributed by atoms with van der Waals surface area (Å²) < 4.78 is 0.794. The van der Waals surface area contributed by atoms with E-state index in [4.69, 9.17) is 23.2 Å². The van der Waals surface area contributed by atoms with E-state index < -0.39 is 23.8 Å². The fourth-order valence-electron chi connectivity index (χ4n) is 1.74. The molecule has 0 saturated heterocycles. The first-order valence-electron chi connectivity index (χ1n) is 6.90. The molecule has 0 fully saturated rings. The quantitative estimate of drug-likeness (QED) is 0.606. The highest BCUT2D eigenvalue weighted by Crippen LogP contribution is 2.25. The number of halogens is 3. The Kier molecular flexibility index (Phi) is 6.83. The van der Waals surface area contributed by atoms with Gasteiger partial charge in [0.2, 0.25) is 0 Å². The summed E-state index contributed by atoms with van der Waals surface area (Å²) in [7, 11) is 0. The topological polar surface area (TPSA) is 87.3 Å². The van der Waals surface area contributed by atoms with Gasteiger partial charge < -0.3 is 5.32 Å². The molecule has 0 aliphatic rings. The Bertz CT molecular complexity index is 828. The molecular weight excluding hydrogens is 453 g/mol. The minimum atomic E-state index is -0.905. The van der Waals surface area contributed by atoms with Gasteiger partial charge in [-0.25, -0.2) is 0 Å². The van der Waals surface area contributed by atoms with Crippen molar-refractivity contribution in [2.45, 2.75) is 13.0 Å². The average molecular weight is 465 g/mol. The molecule has 3 N–H and O–H groups in total. The van der Waals surface area contributed by atoms with Crippen LogP contribution in [0.2, 0.25) is 10.0 Å². The van der Waals surface area contributed by atoms with Crippen LogP contribution in [0.25, 0.3) is 0 Å². The summed E-state index contributed by atoms with van der Waals surface area (Å²) in [4.78, 5) is 36.4. The van der Waals surface area contributed by atoms with E-state index in [2.05, 4.69) is 32.1 Å². The number of hydrogen-bond acceptors (Lipinski definition) is 4. The van der Waals surface area contributed by atoms with E-state index in [1.165, 1.54) is 24.3 Å². The van der Waals surface area contributed by atoms with Crippen LogP contribution in [0.3, 0.4) is 0 Å². The van der Waals surface area contributed by atoms with Gasteiger partial charge in [-0.2, -0.15) is 0 Å². The van der Waals surface area contributed by atoms with E-state index in [1.54, 1.807) is 24.3 Å². The number of hydrogen-bond donors (Lipinski definition) is 3. The Balaban J connectivity index is 1.90. The van der Waals surface area contributed by atoms with Crippen molar-refractivity contribution < 1.29 is 14.4 Å². The summed E-state index contributed by atoms with van der Waals surface area (Å²) in [5.41, 5.74) is 4.68. The van der Waals surface area contributed by atoms with Crippen LogP contribution in [-0.2, 0) is 4.79 Å². The first-order chi connectivity index (χ1) is 11.8. The van der Waals surface area contributed by atoms with Crippen LogP contribution in [0.5, 0.6) is 0 Å². The van der Waals surface area contributed by atoms with E-state index in [-0.39, 0.29) is 15.6 Å². The Morgan fingerprint density at radius 2 is 1.80 bits per heavy atom. The summed E-state index contributed by atoms with van der Waals surface area (Å²) in [6.45, 7) is 1.47. The highest BCUT2D eigenvalue weighted by atomic mass is 79.9. The maximum absolute atomic E-state index is 12.2. The van der Waals surface area contributed by atoms with Crippen molar-refractivity contribution in [2.75, 3.05) is 0 Å². The SMILES string of the molecule is CC(NC(=O)c1cccc(Cl)c1Cl)C(=O)NNC(=O)c1ccc(Br)s1. The Labute approximate surface area is 166 Å². The molecule has 1 heterocycles. The van der Waals surface area contributed by atoms with Crippen molar-refractivity contribution >= 4 is 68.2 Å². The predicted molar refractivity (Wildman–Crippen MR) is 101 cm³/mol. The van der Waals surface area contributed by atoms with Crippen molar-refractivity contribution in [1.82, 2.24) is 16.2 Å². The molecule has 25 heavy (non-hydrogen) atoms. The van der Waals surface area contributed by atoms with Gasteiger partial charge in [0.1, 0.15) is 6.04 Å². The second-order valence-corrected chi connectivity index (χ2v) is 8.09. The van der Waals surface area contributed by atoms with Crippen molar-refractivity contribution in [3.05, 3.63) is 54.6 Å². The van der Waals surface area contributed by atoms with Crippen LogP contribution in [0.15, 0.2) is 34.1 Å². The lowest BCUT2D eigenvalue weighted by molar-refractivity contribution is -0.123. The summed E-state index contributed by atoms with van der Waals surface area (Å²) in [6.07, 6.45) is 0. The van der Waals surface area contributed by atoms with E-state index >= 15 is 0 Å². The second-order valence-electron chi connectivity index (χ2n) is 4.84. The lowest BCUT2D eigenvalue weighted by Crippen LogP contribution is -2.51. The van der Waals surface area contributed by atoms with Gasteiger partial charge in [0, 0.05) is 0 Å². The van der Waals surface area contributed by atoms with Crippen LogP contribution in [0.4, 0.5) is 0 Å². The number of hydrazine groups is 1. The Hall–Kier alpha value is -1.61. The number of rotatable bonds is 4. The first-order valence-corrected chi connectivity index (χ1v) is 9.26. The van der Waals surface area contributed by atoms with Gasteiger partial charge in [0.05, 0.1) is 24.3 Å². The maximum atomic E-state index is 12.2. The zero-order chi connectivity index (χ0) is 18.6. The van der Waals surface area contributed by atoms with Crippen LogP contribution < -0.4 is 16.2 Å². The van der Waals surface area contributed by atoms with Gasteiger partial charge in [0.25, 0.3) is 17.7 Å². The molecule has 0 bridgehead atoms. The van der Waals surface area contributed by atoms with Crippen LogP contribution in [0.1, 0.15) is 27.0 Å². The van der Waals surface area contributed by atoms with E-state index in [9.17, 15) is 14.4 Å². The van der Waals surface area contributed by atoms with Gasteiger partial charge in [-0.05, 0) is 47.1 Å². The molecule has 0 spiro atoms. The first kappa shape index (κ1) is 19.7. The molecule has 1 aromatic heterocycles. The number of thiophene rings is 1. The molecule has 1 unspecified atom stereocenters.